The Labute approximate surface area is 112 Å². The molecule has 0 aromatic carbocycles. The van der Waals surface area contributed by atoms with Crippen LogP contribution in [-0.4, -0.2) is 33.6 Å². The van der Waals surface area contributed by atoms with Crippen LogP contribution < -0.4 is 5.32 Å². The fourth-order valence-corrected chi connectivity index (χ4v) is 3.88. The minimum atomic E-state index is -0.715. The molecule has 1 heterocycles. The minimum Gasteiger partial charge on any atom is -0.481 e. The number of rotatable bonds is 3. The van der Waals surface area contributed by atoms with Gasteiger partial charge >= 0.3 is 12.0 Å². The number of carboxylic acids is 1. The fraction of sp³-hybridized carbons (Fsp3) is 0.714. The summed E-state index contributed by atoms with van der Waals surface area (Å²) < 4.78 is 0. The lowest BCUT2D eigenvalue weighted by Gasteiger charge is -2.71. The molecule has 104 valence electrons. The van der Waals surface area contributed by atoms with E-state index in [4.69, 9.17) is 5.11 Å². The van der Waals surface area contributed by atoms with Gasteiger partial charge in [-0.05, 0) is 37.7 Å². The van der Waals surface area contributed by atoms with Gasteiger partial charge in [-0.2, -0.15) is 0 Å². The van der Waals surface area contributed by atoms with E-state index in [1.54, 1.807) is 4.90 Å². The molecule has 3 aliphatic carbocycles. The second kappa shape index (κ2) is 3.52. The number of urea groups is 1. The van der Waals surface area contributed by atoms with Gasteiger partial charge < -0.3 is 10.4 Å². The smallest absolute Gasteiger partial charge is 0.322 e. The van der Waals surface area contributed by atoms with Gasteiger partial charge in [-0.15, -0.1) is 0 Å². The van der Waals surface area contributed by atoms with Crippen molar-refractivity contribution in [3.63, 3.8) is 0 Å². The van der Waals surface area contributed by atoms with Crippen LogP contribution in [0.25, 0.3) is 0 Å². The van der Waals surface area contributed by atoms with Crippen LogP contribution in [0.3, 0.4) is 0 Å². The molecule has 1 atom stereocenters. The van der Waals surface area contributed by atoms with Gasteiger partial charge in [0.2, 0.25) is 0 Å². The van der Waals surface area contributed by atoms with Crippen molar-refractivity contribution >= 4 is 12.0 Å². The zero-order valence-electron chi connectivity index (χ0n) is 11.6. The Balaban J connectivity index is 1.83. The number of carbonyl (C=O) groups excluding carboxylic acids is 1. The predicted molar refractivity (Wildman–Crippen MR) is 69.4 cm³/mol. The predicted octanol–water partition coefficient (Wildman–Crippen LogP) is 1.95. The monoisotopic (exact) mass is 264 g/mol. The van der Waals surface area contributed by atoms with E-state index in [-0.39, 0.29) is 17.6 Å². The van der Waals surface area contributed by atoms with Gasteiger partial charge in [0.1, 0.15) is 0 Å². The van der Waals surface area contributed by atoms with E-state index in [0.717, 1.165) is 0 Å². The Hall–Kier alpha value is -1.52. The molecule has 19 heavy (non-hydrogen) atoms. The molecule has 5 heteroatoms. The van der Waals surface area contributed by atoms with Gasteiger partial charge in [-0.25, -0.2) is 4.79 Å². The van der Waals surface area contributed by atoms with Crippen LogP contribution in [0.2, 0.25) is 0 Å². The Bertz CT molecular complexity index is 475. The lowest BCUT2D eigenvalue weighted by molar-refractivity contribution is -0.215. The second-order valence-electron chi connectivity index (χ2n) is 6.67. The summed E-state index contributed by atoms with van der Waals surface area (Å²) >= 11 is 0. The van der Waals surface area contributed by atoms with Crippen LogP contribution in [0.1, 0.15) is 40.0 Å². The zero-order valence-corrected chi connectivity index (χ0v) is 11.6. The highest BCUT2D eigenvalue weighted by Crippen LogP contribution is 2.70. The van der Waals surface area contributed by atoms with Crippen LogP contribution >= 0.6 is 0 Å². The third-order valence-corrected chi connectivity index (χ3v) is 4.97. The number of hydrogen-bond donors (Lipinski definition) is 2. The van der Waals surface area contributed by atoms with E-state index >= 15 is 0 Å². The first-order chi connectivity index (χ1) is 8.80. The summed E-state index contributed by atoms with van der Waals surface area (Å²) in [6, 6.07) is -0.0277. The van der Waals surface area contributed by atoms with Crippen molar-refractivity contribution in [3.05, 3.63) is 11.8 Å². The Morgan fingerprint density at radius 2 is 2.05 bits per heavy atom. The van der Waals surface area contributed by atoms with Gasteiger partial charge in [-0.1, -0.05) is 13.8 Å². The SMILES string of the molecule is CC(C)C1=CN(C23CC(C(=O)O)(C2)C3)C(=O)N[C@@H]1C. The van der Waals surface area contributed by atoms with E-state index in [0.29, 0.717) is 25.2 Å². The summed E-state index contributed by atoms with van der Waals surface area (Å²) in [6.07, 6.45) is 3.75. The van der Waals surface area contributed by atoms with E-state index in [1.165, 1.54) is 5.57 Å². The minimum absolute atomic E-state index is 0.0598. The lowest BCUT2D eigenvalue weighted by Crippen LogP contribution is -2.78. The first-order valence-corrected chi connectivity index (χ1v) is 6.85. The number of aliphatic carboxylic acids is 1. The Morgan fingerprint density at radius 1 is 1.47 bits per heavy atom. The molecule has 4 rings (SSSR count). The van der Waals surface area contributed by atoms with Crippen molar-refractivity contribution < 1.29 is 14.7 Å². The van der Waals surface area contributed by atoms with Crippen LogP contribution in [0.5, 0.6) is 0 Å². The number of nitrogens with zero attached hydrogens (tertiary/aromatic N) is 1. The highest BCUT2D eigenvalue weighted by molar-refractivity contribution is 5.84. The van der Waals surface area contributed by atoms with Crippen molar-refractivity contribution in [1.29, 1.82) is 0 Å². The molecular formula is C14H20N2O3. The van der Waals surface area contributed by atoms with Crippen molar-refractivity contribution in [2.75, 3.05) is 0 Å². The largest absolute Gasteiger partial charge is 0.481 e. The first-order valence-electron chi connectivity index (χ1n) is 6.85. The zero-order chi connectivity index (χ0) is 14.0. The standard InChI is InChI=1S/C14H20N2O3/c1-8(2)10-4-16(12(19)15-9(10)3)14-5-13(6-14,7-14)11(17)18/h4,8-9H,5-7H2,1-3H3,(H,15,19)(H,17,18)/t9-,13?,14?/m1/s1. The summed E-state index contributed by atoms with van der Waals surface area (Å²) in [5.41, 5.74) is 0.423. The van der Waals surface area contributed by atoms with E-state index in [2.05, 4.69) is 19.2 Å². The maximum atomic E-state index is 12.1. The number of nitrogens with one attached hydrogen (secondary N) is 1. The summed E-state index contributed by atoms with van der Waals surface area (Å²) in [7, 11) is 0. The van der Waals surface area contributed by atoms with Crippen molar-refractivity contribution in [1.82, 2.24) is 10.2 Å². The van der Waals surface area contributed by atoms with Gasteiger partial charge in [0.15, 0.2) is 0 Å². The molecule has 3 saturated carbocycles. The molecule has 5 nitrogen and oxygen atoms in total. The number of hydrogen-bond acceptors (Lipinski definition) is 2. The van der Waals surface area contributed by atoms with Gasteiger partial charge in [0.05, 0.1) is 17.0 Å². The third kappa shape index (κ3) is 1.47. The molecule has 0 aromatic rings. The molecule has 2 amide bonds. The van der Waals surface area contributed by atoms with Crippen LogP contribution in [0.4, 0.5) is 4.79 Å². The summed E-state index contributed by atoms with van der Waals surface area (Å²) in [5, 5.41) is 12.1. The molecule has 0 spiro atoms. The van der Waals surface area contributed by atoms with Crippen LogP contribution in [0.15, 0.2) is 11.8 Å². The number of amides is 2. The molecule has 3 fully saturated rings. The average molecular weight is 264 g/mol. The summed E-state index contributed by atoms with van der Waals surface area (Å²) in [4.78, 5) is 25.0. The quantitative estimate of drug-likeness (QED) is 0.818. The molecule has 2 N–H and O–H groups in total. The second-order valence-corrected chi connectivity index (χ2v) is 6.67. The van der Waals surface area contributed by atoms with Gasteiger partial charge in [0.25, 0.3) is 0 Å². The maximum absolute atomic E-state index is 12.1. The average Bonchev–Trinajstić information content (AvgIpc) is 2.15. The van der Waals surface area contributed by atoms with Gasteiger partial charge in [-0.3, -0.25) is 9.69 Å². The van der Waals surface area contributed by atoms with Crippen molar-refractivity contribution in [2.45, 2.75) is 51.6 Å². The fourth-order valence-electron chi connectivity index (χ4n) is 3.88. The topological polar surface area (TPSA) is 69.6 Å². The van der Waals surface area contributed by atoms with Gasteiger partial charge in [0, 0.05) is 6.20 Å². The molecule has 1 aliphatic heterocycles. The molecule has 0 saturated heterocycles. The summed E-state index contributed by atoms with van der Waals surface area (Å²) in [6.45, 7) is 6.21. The molecule has 4 aliphatic rings. The molecule has 0 aromatic heterocycles. The van der Waals surface area contributed by atoms with E-state index in [1.807, 2.05) is 13.1 Å². The number of carbonyl (C=O) groups is 2. The van der Waals surface area contributed by atoms with Crippen LogP contribution in [-0.2, 0) is 4.79 Å². The number of carboxylic acid groups (broad SMARTS) is 1. The Kier molecular flexibility index (Phi) is 2.32. The van der Waals surface area contributed by atoms with Crippen LogP contribution in [0, 0.1) is 11.3 Å². The molecule has 0 unspecified atom stereocenters. The molecular weight excluding hydrogens is 244 g/mol. The normalized spacial score (nSPS) is 40.2. The van der Waals surface area contributed by atoms with E-state index < -0.39 is 11.4 Å². The van der Waals surface area contributed by atoms with Crippen molar-refractivity contribution in [2.24, 2.45) is 11.3 Å². The lowest BCUT2D eigenvalue weighted by atomic mass is 9.39. The van der Waals surface area contributed by atoms with Crippen molar-refractivity contribution in [3.8, 4) is 0 Å². The molecule has 2 bridgehead atoms. The maximum Gasteiger partial charge on any atom is 0.322 e. The highest BCUT2D eigenvalue weighted by atomic mass is 16.4. The Morgan fingerprint density at radius 3 is 2.53 bits per heavy atom. The molecule has 0 radical (unpaired) electrons. The third-order valence-electron chi connectivity index (χ3n) is 4.97. The van der Waals surface area contributed by atoms with E-state index in [9.17, 15) is 9.59 Å². The first kappa shape index (κ1) is 12.5. The summed E-state index contributed by atoms with van der Waals surface area (Å²) in [5.74, 6) is -0.341. The highest BCUT2D eigenvalue weighted by Gasteiger charge is 2.75.